The second-order valence-corrected chi connectivity index (χ2v) is 12.3. The van der Waals surface area contributed by atoms with Crippen LogP contribution in [0.15, 0.2) is 176 Å². The van der Waals surface area contributed by atoms with Gasteiger partial charge in [-0.05, 0) is 69.1 Å². The van der Waals surface area contributed by atoms with Crippen LogP contribution in [-0.4, -0.2) is 24.9 Å². The zero-order chi connectivity index (χ0) is 33.3. The summed E-state index contributed by atoms with van der Waals surface area (Å²) in [4.78, 5) is 23.9. The highest BCUT2D eigenvalue weighted by Crippen LogP contribution is 2.32. The molecular formula is C45H29N5. The first-order valence-electron chi connectivity index (χ1n) is 16.6. The first kappa shape index (κ1) is 29.3. The Kier molecular flexibility index (Phi) is 7.41. The number of fused-ring (bicyclic) bond motifs is 2. The van der Waals surface area contributed by atoms with Gasteiger partial charge in [-0.15, -0.1) is 0 Å². The normalized spacial score (nSPS) is 11.2. The molecule has 0 radical (unpaired) electrons. The maximum absolute atomic E-state index is 5.01. The van der Waals surface area contributed by atoms with Crippen LogP contribution in [0.5, 0.6) is 0 Å². The predicted octanol–water partition coefficient (Wildman–Crippen LogP) is 11.0. The number of benzene rings is 6. The Balaban J connectivity index is 1.07. The molecule has 3 aromatic heterocycles. The summed E-state index contributed by atoms with van der Waals surface area (Å²) >= 11 is 0. The number of aromatic nitrogens is 5. The molecule has 50 heavy (non-hydrogen) atoms. The summed E-state index contributed by atoms with van der Waals surface area (Å²) in [5, 5.41) is 4.59. The quantitative estimate of drug-likeness (QED) is 0.169. The van der Waals surface area contributed by atoms with E-state index >= 15 is 0 Å². The molecule has 0 atom stereocenters. The largest absolute Gasteiger partial charge is 0.264 e. The van der Waals surface area contributed by atoms with Crippen LogP contribution in [-0.2, 0) is 0 Å². The fourth-order valence-electron chi connectivity index (χ4n) is 6.36. The Labute approximate surface area is 289 Å². The molecule has 5 heteroatoms. The Hall–Kier alpha value is -6.85. The molecule has 0 aliphatic heterocycles. The predicted molar refractivity (Wildman–Crippen MR) is 203 cm³/mol. The van der Waals surface area contributed by atoms with Crippen LogP contribution in [0.1, 0.15) is 0 Å². The SMILES string of the molecule is c1ccc(-c2ccc(-c3nc(-c4ccccc4)nc(-c4ccc5cc6cc(-c7ccc(-c8cccnc8)cn7)ccc6cc5c4)n3)cc2)cc1. The molecule has 6 aromatic carbocycles. The smallest absolute Gasteiger partial charge is 0.164 e. The summed E-state index contributed by atoms with van der Waals surface area (Å²) < 4.78 is 0. The minimum atomic E-state index is 0.638. The van der Waals surface area contributed by atoms with E-state index in [9.17, 15) is 0 Å². The highest BCUT2D eigenvalue weighted by molar-refractivity contribution is 6.00. The molecule has 0 N–H and O–H groups in total. The van der Waals surface area contributed by atoms with Crippen LogP contribution in [0.2, 0.25) is 0 Å². The topological polar surface area (TPSA) is 64.5 Å². The minimum Gasteiger partial charge on any atom is -0.264 e. The van der Waals surface area contributed by atoms with Crippen molar-refractivity contribution in [2.45, 2.75) is 0 Å². The average Bonchev–Trinajstić information content (AvgIpc) is 3.20. The Bertz CT molecular complexity index is 2600. The molecular weight excluding hydrogens is 611 g/mol. The minimum absolute atomic E-state index is 0.638. The number of hydrogen-bond acceptors (Lipinski definition) is 5. The maximum Gasteiger partial charge on any atom is 0.164 e. The monoisotopic (exact) mass is 639 g/mol. The van der Waals surface area contributed by atoms with Crippen molar-refractivity contribution in [3.05, 3.63) is 176 Å². The third-order valence-electron chi connectivity index (χ3n) is 9.03. The fourth-order valence-corrected chi connectivity index (χ4v) is 6.36. The molecule has 0 saturated carbocycles. The lowest BCUT2D eigenvalue weighted by molar-refractivity contribution is 1.07. The lowest BCUT2D eigenvalue weighted by atomic mass is 9.98. The van der Waals surface area contributed by atoms with Crippen molar-refractivity contribution >= 4 is 21.5 Å². The van der Waals surface area contributed by atoms with Crippen molar-refractivity contribution in [2.75, 3.05) is 0 Å². The molecule has 0 aliphatic rings. The van der Waals surface area contributed by atoms with Gasteiger partial charge in [0.2, 0.25) is 0 Å². The van der Waals surface area contributed by atoms with Crippen molar-refractivity contribution in [3.63, 3.8) is 0 Å². The van der Waals surface area contributed by atoms with Crippen molar-refractivity contribution in [1.29, 1.82) is 0 Å². The molecule has 0 bridgehead atoms. The third kappa shape index (κ3) is 5.78. The van der Waals surface area contributed by atoms with Gasteiger partial charge in [-0.2, -0.15) is 0 Å². The lowest BCUT2D eigenvalue weighted by Crippen LogP contribution is -2.00. The molecule has 0 amide bonds. The van der Waals surface area contributed by atoms with Crippen molar-refractivity contribution in [1.82, 2.24) is 24.9 Å². The van der Waals surface area contributed by atoms with Crippen LogP contribution < -0.4 is 0 Å². The fraction of sp³-hybridized carbons (Fsp3) is 0. The van der Waals surface area contributed by atoms with Gasteiger partial charge in [-0.1, -0.05) is 121 Å². The zero-order valence-corrected chi connectivity index (χ0v) is 27.0. The van der Waals surface area contributed by atoms with E-state index in [-0.39, 0.29) is 0 Å². The summed E-state index contributed by atoms with van der Waals surface area (Å²) in [5.74, 6) is 1.92. The molecule has 0 unspecified atom stereocenters. The van der Waals surface area contributed by atoms with Gasteiger partial charge in [0.05, 0.1) is 5.69 Å². The summed E-state index contributed by atoms with van der Waals surface area (Å²) in [5.41, 5.74) is 9.26. The molecule has 0 fully saturated rings. The van der Waals surface area contributed by atoms with E-state index in [1.807, 2.05) is 60.9 Å². The van der Waals surface area contributed by atoms with Crippen LogP contribution in [0.3, 0.4) is 0 Å². The van der Waals surface area contributed by atoms with E-state index in [0.717, 1.165) is 66.2 Å². The average molecular weight is 640 g/mol. The summed E-state index contributed by atoms with van der Waals surface area (Å²) in [6.07, 6.45) is 5.55. The summed E-state index contributed by atoms with van der Waals surface area (Å²) in [6.45, 7) is 0. The number of rotatable bonds is 6. The van der Waals surface area contributed by atoms with E-state index in [4.69, 9.17) is 19.9 Å². The van der Waals surface area contributed by atoms with E-state index in [2.05, 4.69) is 114 Å². The molecule has 9 aromatic rings. The Morgan fingerprint density at radius 3 is 1.40 bits per heavy atom. The molecule has 3 heterocycles. The van der Waals surface area contributed by atoms with Crippen LogP contribution in [0.4, 0.5) is 0 Å². The van der Waals surface area contributed by atoms with E-state index < -0.39 is 0 Å². The molecule has 234 valence electrons. The van der Waals surface area contributed by atoms with E-state index in [0.29, 0.717) is 17.5 Å². The van der Waals surface area contributed by atoms with Gasteiger partial charge in [0.1, 0.15) is 0 Å². The molecule has 5 nitrogen and oxygen atoms in total. The molecule has 0 spiro atoms. The van der Waals surface area contributed by atoms with Gasteiger partial charge in [0.25, 0.3) is 0 Å². The lowest BCUT2D eigenvalue weighted by Gasteiger charge is -2.10. The van der Waals surface area contributed by atoms with E-state index in [1.165, 1.54) is 5.56 Å². The van der Waals surface area contributed by atoms with Crippen molar-refractivity contribution < 1.29 is 0 Å². The summed E-state index contributed by atoms with van der Waals surface area (Å²) in [7, 11) is 0. The second-order valence-electron chi connectivity index (χ2n) is 12.3. The number of hydrogen-bond donors (Lipinski definition) is 0. The molecule has 9 rings (SSSR count). The van der Waals surface area contributed by atoms with Crippen LogP contribution in [0, 0.1) is 0 Å². The summed E-state index contributed by atoms with van der Waals surface area (Å²) in [6, 6.07) is 54.4. The number of nitrogens with zero attached hydrogens (tertiary/aromatic N) is 5. The highest BCUT2D eigenvalue weighted by Gasteiger charge is 2.14. The second kappa shape index (κ2) is 12.6. The standard InChI is InChI=1S/C45H29N5/c1-3-8-30(9-4-1)31-13-15-33(16-14-31)44-48-43(32-10-5-2-6-11-32)49-45(50-44)37-20-18-35-24-40-26-36(19-17-34(40)25-41(35)27-37)42-22-21-39(29-47-42)38-12-7-23-46-28-38/h1-29H. The Morgan fingerprint density at radius 1 is 0.300 bits per heavy atom. The Morgan fingerprint density at radius 2 is 0.780 bits per heavy atom. The van der Waals surface area contributed by atoms with Gasteiger partial charge in [0, 0.05) is 52.0 Å². The van der Waals surface area contributed by atoms with Gasteiger partial charge in [-0.25, -0.2) is 15.0 Å². The van der Waals surface area contributed by atoms with Gasteiger partial charge in [0.15, 0.2) is 17.5 Å². The first-order valence-corrected chi connectivity index (χ1v) is 16.6. The van der Waals surface area contributed by atoms with Gasteiger partial charge >= 0.3 is 0 Å². The van der Waals surface area contributed by atoms with Gasteiger partial charge < -0.3 is 0 Å². The highest BCUT2D eigenvalue weighted by atomic mass is 15.0. The third-order valence-corrected chi connectivity index (χ3v) is 9.03. The van der Waals surface area contributed by atoms with Crippen LogP contribution >= 0.6 is 0 Å². The van der Waals surface area contributed by atoms with E-state index in [1.54, 1.807) is 6.20 Å². The zero-order valence-electron chi connectivity index (χ0n) is 27.0. The van der Waals surface area contributed by atoms with Gasteiger partial charge in [-0.3, -0.25) is 9.97 Å². The van der Waals surface area contributed by atoms with Crippen molar-refractivity contribution in [3.8, 4) is 67.7 Å². The molecule has 0 aliphatic carbocycles. The first-order chi connectivity index (χ1) is 24.7. The maximum atomic E-state index is 5.01. The van der Waals surface area contributed by atoms with Crippen molar-refractivity contribution in [2.24, 2.45) is 0 Å². The number of pyridine rings is 2. The van der Waals surface area contributed by atoms with Crippen LogP contribution in [0.25, 0.3) is 89.2 Å². The molecule has 0 saturated heterocycles.